The Kier molecular flexibility index (Phi) is 5.04. The molecule has 0 saturated heterocycles. The van der Waals surface area contributed by atoms with Crippen LogP contribution >= 0.6 is 23.2 Å². The van der Waals surface area contributed by atoms with Gasteiger partial charge in [0, 0.05) is 11.1 Å². The van der Waals surface area contributed by atoms with Gasteiger partial charge >= 0.3 is 0 Å². The molecule has 2 aromatic carbocycles. The molecule has 1 unspecified atom stereocenters. The lowest BCUT2D eigenvalue weighted by molar-refractivity contribution is 0.340. The number of ether oxygens (including phenoxy) is 1. The fraction of sp³-hybridized carbons (Fsp3) is 0.200. The van der Waals surface area contributed by atoms with Crippen molar-refractivity contribution in [3.05, 3.63) is 63.1 Å². The Labute approximate surface area is 131 Å². The molecule has 21 heavy (non-hydrogen) atoms. The summed E-state index contributed by atoms with van der Waals surface area (Å²) < 4.78 is 31.6. The van der Waals surface area contributed by atoms with Crippen LogP contribution in [0.15, 0.2) is 30.3 Å². The van der Waals surface area contributed by atoms with Crippen molar-refractivity contribution in [1.29, 1.82) is 0 Å². The number of nitrogens with two attached hydrogens (primary N) is 1. The highest BCUT2D eigenvalue weighted by atomic mass is 35.5. The lowest BCUT2D eigenvalue weighted by Crippen LogP contribution is -2.13. The van der Waals surface area contributed by atoms with Gasteiger partial charge in [-0.2, -0.15) is 0 Å². The molecule has 0 amide bonds. The minimum Gasteiger partial charge on any atom is -0.492 e. The van der Waals surface area contributed by atoms with Crippen LogP contribution in [0.2, 0.25) is 10.0 Å². The molecule has 0 fully saturated rings. The maximum absolute atomic E-state index is 13.3. The minimum absolute atomic E-state index is 0.347. The molecular weight excluding hydrogens is 319 g/mol. The summed E-state index contributed by atoms with van der Waals surface area (Å²) >= 11 is 12.3. The standard InChI is InChI=1S/C15H13Cl2F2NO/c1-2-21-14-7-10(16)9(6-11(14)17)15(20)8-3-4-12(18)13(19)5-8/h3-7,15H,2,20H2,1H3. The quantitative estimate of drug-likeness (QED) is 0.879. The molecule has 0 aromatic heterocycles. The molecule has 0 aliphatic rings. The van der Waals surface area contributed by atoms with E-state index in [4.69, 9.17) is 33.7 Å². The third kappa shape index (κ3) is 3.46. The van der Waals surface area contributed by atoms with Crippen LogP contribution in [0.25, 0.3) is 0 Å². The van der Waals surface area contributed by atoms with Gasteiger partial charge in [-0.15, -0.1) is 0 Å². The van der Waals surface area contributed by atoms with E-state index in [-0.39, 0.29) is 0 Å². The first-order valence-electron chi connectivity index (χ1n) is 6.26. The summed E-state index contributed by atoms with van der Waals surface area (Å²) in [7, 11) is 0. The minimum atomic E-state index is -0.962. The Morgan fingerprint density at radius 3 is 2.43 bits per heavy atom. The molecule has 2 rings (SSSR count). The Balaban J connectivity index is 2.40. The molecule has 0 saturated carbocycles. The zero-order valence-electron chi connectivity index (χ0n) is 11.2. The van der Waals surface area contributed by atoms with Crippen molar-refractivity contribution in [1.82, 2.24) is 0 Å². The summed E-state index contributed by atoms with van der Waals surface area (Å²) in [6.45, 7) is 2.27. The Bertz CT molecular complexity index is 664. The number of rotatable bonds is 4. The molecule has 0 aliphatic carbocycles. The fourth-order valence-corrected chi connectivity index (χ4v) is 2.43. The van der Waals surface area contributed by atoms with Gasteiger partial charge in [0.1, 0.15) is 5.75 Å². The monoisotopic (exact) mass is 331 g/mol. The van der Waals surface area contributed by atoms with Crippen molar-refractivity contribution in [2.24, 2.45) is 5.73 Å². The van der Waals surface area contributed by atoms with Gasteiger partial charge in [-0.3, -0.25) is 0 Å². The summed E-state index contributed by atoms with van der Waals surface area (Å²) in [5.41, 5.74) is 6.97. The van der Waals surface area contributed by atoms with Crippen molar-refractivity contribution in [3.63, 3.8) is 0 Å². The summed E-state index contributed by atoms with van der Waals surface area (Å²) in [6, 6.07) is 5.88. The topological polar surface area (TPSA) is 35.2 Å². The molecule has 2 N–H and O–H groups in total. The van der Waals surface area contributed by atoms with Crippen molar-refractivity contribution in [2.45, 2.75) is 13.0 Å². The molecule has 112 valence electrons. The Morgan fingerprint density at radius 2 is 1.81 bits per heavy atom. The van der Waals surface area contributed by atoms with Crippen LogP contribution < -0.4 is 10.5 Å². The first-order chi connectivity index (χ1) is 9.93. The molecule has 6 heteroatoms. The van der Waals surface area contributed by atoms with Crippen LogP contribution in [0.3, 0.4) is 0 Å². The maximum Gasteiger partial charge on any atom is 0.159 e. The van der Waals surface area contributed by atoms with Crippen LogP contribution in [0.1, 0.15) is 24.1 Å². The maximum atomic E-state index is 13.3. The predicted octanol–water partition coefficient (Wildman–Crippen LogP) is 4.72. The van der Waals surface area contributed by atoms with E-state index >= 15 is 0 Å². The van der Waals surface area contributed by atoms with Gasteiger partial charge in [0.2, 0.25) is 0 Å². The van der Waals surface area contributed by atoms with Gasteiger partial charge in [-0.1, -0.05) is 29.3 Å². The lowest BCUT2D eigenvalue weighted by atomic mass is 9.99. The van der Waals surface area contributed by atoms with Gasteiger partial charge in [0.05, 0.1) is 17.7 Å². The lowest BCUT2D eigenvalue weighted by Gasteiger charge is -2.16. The summed E-state index contributed by atoms with van der Waals surface area (Å²) in [4.78, 5) is 0. The Hall–Kier alpha value is -1.36. The molecule has 1 atom stereocenters. The highest BCUT2D eigenvalue weighted by molar-refractivity contribution is 6.34. The molecule has 0 heterocycles. The van der Waals surface area contributed by atoms with Crippen LogP contribution in [0.5, 0.6) is 5.75 Å². The van der Waals surface area contributed by atoms with E-state index in [0.29, 0.717) is 33.5 Å². The van der Waals surface area contributed by atoms with Gasteiger partial charge < -0.3 is 10.5 Å². The predicted molar refractivity (Wildman–Crippen MR) is 80.0 cm³/mol. The van der Waals surface area contributed by atoms with E-state index in [1.54, 1.807) is 12.1 Å². The van der Waals surface area contributed by atoms with Crippen LogP contribution in [0, 0.1) is 11.6 Å². The summed E-state index contributed by atoms with van der Waals surface area (Å²) in [5.74, 6) is -1.44. The molecule has 0 spiro atoms. The molecule has 0 radical (unpaired) electrons. The van der Waals surface area contributed by atoms with Gasteiger partial charge in [-0.25, -0.2) is 8.78 Å². The first kappa shape index (κ1) is 16.0. The first-order valence-corrected chi connectivity index (χ1v) is 7.02. The average molecular weight is 332 g/mol. The van der Waals surface area contributed by atoms with E-state index < -0.39 is 17.7 Å². The van der Waals surface area contributed by atoms with Crippen LogP contribution in [-0.2, 0) is 0 Å². The molecule has 2 aromatic rings. The normalized spacial score (nSPS) is 12.3. The zero-order chi connectivity index (χ0) is 15.6. The second-order valence-corrected chi connectivity index (χ2v) is 5.20. The van der Waals surface area contributed by atoms with Gasteiger partial charge in [0.25, 0.3) is 0 Å². The zero-order valence-corrected chi connectivity index (χ0v) is 12.7. The summed E-state index contributed by atoms with van der Waals surface area (Å²) in [5, 5.41) is 0.703. The number of benzene rings is 2. The molecule has 0 aliphatic heterocycles. The van der Waals surface area contributed by atoms with E-state index in [1.165, 1.54) is 6.07 Å². The van der Waals surface area contributed by atoms with Crippen molar-refractivity contribution in [2.75, 3.05) is 6.61 Å². The van der Waals surface area contributed by atoms with E-state index in [9.17, 15) is 8.78 Å². The summed E-state index contributed by atoms with van der Waals surface area (Å²) in [6.07, 6.45) is 0. The van der Waals surface area contributed by atoms with E-state index in [0.717, 1.165) is 12.1 Å². The van der Waals surface area contributed by atoms with E-state index in [1.807, 2.05) is 6.92 Å². The molecular formula is C15H13Cl2F2NO. The van der Waals surface area contributed by atoms with Crippen molar-refractivity contribution < 1.29 is 13.5 Å². The second kappa shape index (κ2) is 6.60. The smallest absolute Gasteiger partial charge is 0.159 e. The van der Waals surface area contributed by atoms with Crippen molar-refractivity contribution in [3.8, 4) is 5.75 Å². The average Bonchev–Trinajstić information content (AvgIpc) is 2.45. The molecule has 2 nitrogen and oxygen atoms in total. The Morgan fingerprint density at radius 1 is 1.10 bits per heavy atom. The number of halogens is 4. The SMILES string of the molecule is CCOc1cc(Cl)c(C(N)c2ccc(F)c(F)c2)cc1Cl. The number of hydrogen-bond donors (Lipinski definition) is 1. The van der Waals surface area contributed by atoms with E-state index in [2.05, 4.69) is 0 Å². The highest BCUT2D eigenvalue weighted by Gasteiger charge is 2.17. The van der Waals surface area contributed by atoms with Crippen LogP contribution in [-0.4, -0.2) is 6.61 Å². The van der Waals surface area contributed by atoms with Gasteiger partial charge in [-0.05, 0) is 36.2 Å². The number of hydrogen-bond acceptors (Lipinski definition) is 2. The van der Waals surface area contributed by atoms with Crippen LogP contribution in [0.4, 0.5) is 8.78 Å². The van der Waals surface area contributed by atoms with Crippen molar-refractivity contribution >= 4 is 23.2 Å². The third-order valence-electron chi connectivity index (χ3n) is 2.99. The third-order valence-corrected chi connectivity index (χ3v) is 3.61. The van der Waals surface area contributed by atoms with Gasteiger partial charge in [0.15, 0.2) is 11.6 Å². The second-order valence-electron chi connectivity index (χ2n) is 4.39. The highest BCUT2D eigenvalue weighted by Crippen LogP contribution is 2.35. The largest absolute Gasteiger partial charge is 0.492 e. The molecule has 0 bridgehead atoms. The fourth-order valence-electron chi connectivity index (χ4n) is 1.93.